The number of carbonyl (C=O) groups is 1. The number of benzene rings is 1. The molecule has 0 spiro atoms. The standard InChI is InChI=1S/C14H15NO2/c1-9(2)8-11-7-6-10-4-3-5-12(14(16)17)13(10)15-11/h3-7,9H,8H2,1-2H3,(H,16,17). The second-order valence-corrected chi connectivity index (χ2v) is 4.58. The summed E-state index contributed by atoms with van der Waals surface area (Å²) in [5.74, 6) is -0.415. The Morgan fingerprint density at radius 1 is 1.29 bits per heavy atom. The van der Waals surface area contributed by atoms with Gasteiger partial charge in [-0.05, 0) is 24.5 Å². The highest BCUT2D eigenvalue weighted by molar-refractivity contribution is 6.01. The Balaban J connectivity index is 2.57. The number of hydrogen-bond acceptors (Lipinski definition) is 2. The van der Waals surface area contributed by atoms with Crippen LogP contribution in [-0.4, -0.2) is 16.1 Å². The summed E-state index contributed by atoms with van der Waals surface area (Å²) in [5, 5.41) is 9.99. The van der Waals surface area contributed by atoms with Crippen molar-refractivity contribution in [1.82, 2.24) is 4.98 Å². The van der Waals surface area contributed by atoms with Gasteiger partial charge in [-0.25, -0.2) is 4.79 Å². The molecule has 1 heterocycles. The van der Waals surface area contributed by atoms with Gasteiger partial charge in [-0.15, -0.1) is 0 Å². The summed E-state index contributed by atoms with van der Waals surface area (Å²) in [4.78, 5) is 15.6. The van der Waals surface area contributed by atoms with Gasteiger partial charge in [-0.2, -0.15) is 0 Å². The molecule has 1 aromatic carbocycles. The number of fused-ring (bicyclic) bond motifs is 1. The third-order valence-electron chi connectivity index (χ3n) is 2.63. The van der Waals surface area contributed by atoms with Gasteiger partial charge in [0.05, 0.1) is 11.1 Å². The van der Waals surface area contributed by atoms with Crippen LogP contribution in [0.1, 0.15) is 29.9 Å². The maximum absolute atomic E-state index is 11.1. The first-order chi connectivity index (χ1) is 8.08. The van der Waals surface area contributed by atoms with Crippen molar-refractivity contribution in [2.24, 2.45) is 5.92 Å². The second kappa shape index (κ2) is 4.53. The molecule has 3 heteroatoms. The van der Waals surface area contributed by atoms with Gasteiger partial charge in [0, 0.05) is 11.1 Å². The maximum Gasteiger partial charge on any atom is 0.337 e. The summed E-state index contributed by atoms with van der Waals surface area (Å²) in [5.41, 5.74) is 1.80. The molecule has 0 atom stereocenters. The van der Waals surface area contributed by atoms with Crippen molar-refractivity contribution in [3.8, 4) is 0 Å². The molecule has 2 rings (SSSR count). The highest BCUT2D eigenvalue weighted by atomic mass is 16.4. The molecule has 0 radical (unpaired) electrons. The Kier molecular flexibility index (Phi) is 3.09. The van der Waals surface area contributed by atoms with Crippen molar-refractivity contribution >= 4 is 16.9 Å². The number of aromatic carboxylic acids is 1. The van der Waals surface area contributed by atoms with E-state index in [2.05, 4.69) is 18.8 Å². The minimum Gasteiger partial charge on any atom is -0.478 e. The zero-order valence-corrected chi connectivity index (χ0v) is 9.97. The van der Waals surface area contributed by atoms with E-state index in [-0.39, 0.29) is 5.56 Å². The average Bonchev–Trinajstić information content (AvgIpc) is 2.27. The molecule has 88 valence electrons. The van der Waals surface area contributed by atoms with Crippen molar-refractivity contribution in [2.45, 2.75) is 20.3 Å². The minimum absolute atomic E-state index is 0.271. The number of aromatic nitrogens is 1. The Morgan fingerprint density at radius 3 is 2.71 bits per heavy atom. The normalized spacial score (nSPS) is 11.0. The summed E-state index contributed by atoms with van der Waals surface area (Å²) in [6.07, 6.45) is 0.865. The van der Waals surface area contributed by atoms with Gasteiger partial charge in [0.25, 0.3) is 0 Å². The van der Waals surface area contributed by atoms with Crippen LogP contribution in [0.25, 0.3) is 10.9 Å². The van der Waals surface area contributed by atoms with Crippen LogP contribution < -0.4 is 0 Å². The number of nitrogens with zero attached hydrogens (tertiary/aromatic N) is 1. The quantitative estimate of drug-likeness (QED) is 0.879. The van der Waals surface area contributed by atoms with E-state index in [0.29, 0.717) is 11.4 Å². The van der Waals surface area contributed by atoms with Crippen molar-refractivity contribution in [2.75, 3.05) is 0 Å². The molecule has 17 heavy (non-hydrogen) atoms. The smallest absolute Gasteiger partial charge is 0.337 e. The lowest BCUT2D eigenvalue weighted by Crippen LogP contribution is -2.02. The molecule has 0 bridgehead atoms. The maximum atomic E-state index is 11.1. The number of hydrogen-bond donors (Lipinski definition) is 1. The van der Waals surface area contributed by atoms with Crippen LogP contribution in [0.4, 0.5) is 0 Å². The van der Waals surface area contributed by atoms with Gasteiger partial charge in [0.2, 0.25) is 0 Å². The fraction of sp³-hybridized carbons (Fsp3) is 0.286. The minimum atomic E-state index is -0.926. The summed E-state index contributed by atoms with van der Waals surface area (Å²) < 4.78 is 0. The van der Waals surface area contributed by atoms with Crippen molar-refractivity contribution in [3.05, 3.63) is 41.6 Å². The first-order valence-corrected chi connectivity index (χ1v) is 5.70. The molecule has 0 amide bonds. The van der Waals surface area contributed by atoms with Gasteiger partial charge in [-0.3, -0.25) is 4.98 Å². The first-order valence-electron chi connectivity index (χ1n) is 5.70. The van der Waals surface area contributed by atoms with Gasteiger partial charge >= 0.3 is 5.97 Å². The number of rotatable bonds is 3. The molecular weight excluding hydrogens is 214 g/mol. The van der Waals surface area contributed by atoms with E-state index < -0.39 is 5.97 Å². The fourth-order valence-corrected chi connectivity index (χ4v) is 1.89. The van der Waals surface area contributed by atoms with E-state index in [0.717, 1.165) is 17.5 Å². The number of pyridine rings is 1. The average molecular weight is 229 g/mol. The molecule has 0 aliphatic rings. The highest BCUT2D eigenvalue weighted by Crippen LogP contribution is 2.18. The van der Waals surface area contributed by atoms with Crippen LogP contribution in [0, 0.1) is 5.92 Å². The molecule has 0 saturated carbocycles. The lowest BCUT2D eigenvalue weighted by atomic mass is 10.0. The summed E-state index contributed by atoms with van der Waals surface area (Å²) >= 11 is 0. The topological polar surface area (TPSA) is 50.2 Å². The first kappa shape index (κ1) is 11.6. The molecule has 0 aliphatic heterocycles. The molecule has 1 N–H and O–H groups in total. The van der Waals surface area contributed by atoms with E-state index >= 15 is 0 Å². The van der Waals surface area contributed by atoms with Crippen LogP contribution >= 0.6 is 0 Å². The Labute approximate surface area is 100 Å². The zero-order chi connectivity index (χ0) is 12.4. The lowest BCUT2D eigenvalue weighted by molar-refractivity contribution is 0.0699. The van der Waals surface area contributed by atoms with Crippen LogP contribution in [0.15, 0.2) is 30.3 Å². The van der Waals surface area contributed by atoms with Crippen LogP contribution in [-0.2, 0) is 6.42 Å². The monoisotopic (exact) mass is 229 g/mol. The number of carboxylic acid groups (broad SMARTS) is 1. The predicted octanol–water partition coefficient (Wildman–Crippen LogP) is 3.13. The molecule has 1 aromatic heterocycles. The Hall–Kier alpha value is -1.90. The van der Waals surface area contributed by atoms with Crippen molar-refractivity contribution in [1.29, 1.82) is 0 Å². The Bertz CT molecular complexity index is 561. The van der Waals surface area contributed by atoms with Gasteiger partial charge in [-0.1, -0.05) is 32.0 Å². The van der Waals surface area contributed by atoms with E-state index in [9.17, 15) is 4.79 Å². The third kappa shape index (κ3) is 2.44. The number of para-hydroxylation sites is 1. The second-order valence-electron chi connectivity index (χ2n) is 4.58. The molecule has 2 aromatic rings. The third-order valence-corrected chi connectivity index (χ3v) is 2.63. The van der Waals surface area contributed by atoms with E-state index in [1.165, 1.54) is 0 Å². The van der Waals surface area contributed by atoms with Gasteiger partial charge in [0.15, 0.2) is 0 Å². The molecule has 0 aliphatic carbocycles. The van der Waals surface area contributed by atoms with Gasteiger partial charge in [0.1, 0.15) is 0 Å². The summed E-state index contributed by atoms with van der Waals surface area (Å²) in [6.45, 7) is 4.24. The van der Waals surface area contributed by atoms with Gasteiger partial charge < -0.3 is 5.11 Å². The highest BCUT2D eigenvalue weighted by Gasteiger charge is 2.10. The van der Waals surface area contributed by atoms with Crippen LogP contribution in [0.2, 0.25) is 0 Å². The van der Waals surface area contributed by atoms with E-state index in [4.69, 9.17) is 5.11 Å². The predicted molar refractivity (Wildman–Crippen MR) is 67.2 cm³/mol. The Morgan fingerprint density at radius 2 is 2.06 bits per heavy atom. The van der Waals surface area contributed by atoms with E-state index in [1.807, 2.05) is 18.2 Å². The SMILES string of the molecule is CC(C)Cc1ccc2cccc(C(=O)O)c2n1. The molecule has 3 nitrogen and oxygen atoms in total. The van der Waals surface area contributed by atoms with Crippen LogP contribution in [0.5, 0.6) is 0 Å². The molecule has 0 fully saturated rings. The fourth-order valence-electron chi connectivity index (χ4n) is 1.89. The van der Waals surface area contributed by atoms with E-state index in [1.54, 1.807) is 12.1 Å². The number of carboxylic acids is 1. The summed E-state index contributed by atoms with van der Waals surface area (Å²) in [7, 11) is 0. The molecule has 0 saturated heterocycles. The largest absolute Gasteiger partial charge is 0.478 e. The summed E-state index contributed by atoms with van der Waals surface area (Å²) in [6, 6.07) is 9.13. The molecule has 0 unspecified atom stereocenters. The van der Waals surface area contributed by atoms with Crippen molar-refractivity contribution in [3.63, 3.8) is 0 Å². The van der Waals surface area contributed by atoms with Crippen molar-refractivity contribution < 1.29 is 9.90 Å². The zero-order valence-electron chi connectivity index (χ0n) is 9.97. The lowest BCUT2D eigenvalue weighted by Gasteiger charge is -2.07. The van der Waals surface area contributed by atoms with Crippen LogP contribution in [0.3, 0.4) is 0 Å². The molecular formula is C14H15NO2.